The fourth-order valence-electron chi connectivity index (χ4n) is 2.97. The summed E-state index contributed by atoms with van der Waals surface area (Å²) in [7, 11) is 4.64. The number of methoxy groups -OCH3 is 3. The van der Waals surface area contributed by atoms with Gasteiger partial charge in [-0.3, -0.25) is 4.79 Å². The lowest BCUT2D eigenvalue weighted by Gasteiger charge is -2.12. The van der Waals surface area contributed by atoms with Crippen LogP contribution in [0.25, 0.3) is 6.08 Å². The Morgan fingerprint density at radius 3 is 2.30 bits per heavy atom. The Hall–Kier alpha value is -3.74. The fourth-order valence-corrected chi connectivity index (χ4v) is 2.97. The Balaban J connectivity index is 1.71. The zero-order valence-electron chi connectivity index (χ0n) is 17.5. The van der Waals surface area contributed by atoms with Gasteiger partial charge >= 0.3 is 0 Å². The second kappa shape index (κ2) is 9.65. The second-order valence-corrected chi connectivity index (χ2v) is 6.64. The Bertz CT molecular complexity index is 1010. The van der Waals surface area contributed by atoms with Gasteiger partial charge < -0.3 is 19.5 Å². The molecule has 0 spiro atoms. The zero-order valence-corrected chi connectivity index (χ0v) is 17.5. The average Bonchev–Trinajstić information content (AvgIpc) is 3.19. The SMILES string of the molecule is COc1cc(/C=C/C(=O)Nc2ccnn2Cc2ccc(C)cc2)cc(OC)c1OC. The summed E-state index contributed by atoms with van der Waals surface area (Å²) < 4.78 is 17.7. The highest BCUT2D eigenvalue weighted by Crippen LogP contribution is 2.38. The first-order valence-electron chi connectivity index (χ1n) is 9.40. The molecule has 1 heterocycles. The Kier molecular flexibility index (Phi) is 6.75. The Labute approximate surface area is 175 Å². The molecule has 2 aromatic carbocycles. The van der Waals surface area contributed by atoms with Crippen LogP contribution >= 0.6 is 0 Å². The molecule has 0 bridgehead atoms. The van der Waals surface area contributed by atoms with Gasteiger partial charge in [0.05, 0.1) is 34.1 Å². The smallest absolute Gasteiger partial charge is 0.249 e. The standard InChI is InChI=1S/C23H25N3O4/c1-16-5-7-17(8-6-16)15-26-21(11-12-24-26)25-22(27)10-9-18-13-19(28-2)23(30-4)20(14-18)29-3/h5-14H,15H2,1-4H3,(H,25,27)/b10-9+. The van der Waals surface area contributed by atoms with Crippen LogP contribution in [-0.2, 0) is 11.3 Å². The van der Waals surface area contributed by atoms with Crippen LogP contribution in [-0.4, -0.2) is 37.0 Å². The number of carbonyl (C=O) groups excluding carboxylic acids is 1. The zero-order chi connectivity index (χ0) is 21.5. The van der Waals surface area contributed by atoms with Gasteiger partial charge in [0.1, 0.15) is 5.82 Å². The minimum atomic E-state index is -0.269. The lowest BCUT2D eigenvalue weighted by Crippen LogP contribution is -2.13. The molecule has 0 atom stereocenters. The third-order valence-electron chi connectivity index (χ3n) is 4.53. The monoisotopic (exact) mass is 407 g/mol. The summed E-state index contributed by atoms with van der Waals surface area (Å²) in [5.74, 6) is 1.90. The molecule has 0 saturated carbocycles. The predicted molar refractivity (Wildman–Crippen MR) is 116 cm³/mol. The van der Waals surface area contributed by atoms with E-state index < -0.39 is 0 Å². The average molecular weight is 407 g/mol. The van der Waals surface area contributed by atoms with E-state index in [1.807, 2.05) is 19.1 Å². The normalized spacial score (nSPS) is 10.8. The number of aryl methyl sites for hydroxylation is 1. The van der Waals surface area contributed by atoms with Crippen molar-refractivity contribution in [3.05, 3.63) is 71.4 Å². The number of anilines is 1. The minimum absolute atomic E-state index is 0.269. The molecule has 1 N–H and O–H groups in total. The van der Waals surface area contributed by atoms with E-state index in [9.17, 15) is 4.79 Å². The van der Waals surface area contributed by atoms with Crippen LogP contribution in [0.2, 0.25) is 0 Å². The number of aromatic nitrogens is 2. The number of hydrogen-bond donors (Lipinski definition) is 1. The number of rotatable bonds is 8. The van der Waals surface area contributed by atoms with Crippen molar-refractivity contribution in [2.75, 3.05) is 26.6 Å². The molecule has 156 valence electrons. The maximum absolute atomic E-state index is 12.4. The fraction of sp³-hybridized carbons (Fsp3) is 0.217. The lowest BCUT2D eigenvalue weighted by atomic mass is 10.1. The first-order valence-corrected chi connectivity index (χ1v) is 9.40. The summed E-state index contributed by atoms with van der Waals surface area (Å²) in [6.07, 6.45) is 4.79. The van der Waals surface area contributed by atoms with Crippen LogP contribution in [0.1, 0.15) is 16.7 Å². The number of hydrogen-bond acceptors (Lipinski definition) is 5. The molecule has 0 saturated heterocycles. The van der Waals surface area contributed by atoms with Gasteiger partial charge in [0.25, 0.3) is 0 Å². The number of carbonyl (C=O) groups is 1. The van der Waals surface area contributed by atoms with Crippen LogP contribution in [0, 0.1) is 6.92 Å². The molecule has 0 radical (unpaired) electrons. The first kappa shape index (κ1) is 21.0. The van der Waals surface area contributed by atoms with E-state index in [4.69, 9.17) is 14.2 Å². The molecule has 0 unspecified atom stereocenters. The molecule has 3 aromatic rings. The highest BCUT2D eigenvalue weighted by atomic mass is 16.5. The van der Waals surface area contributed by atoms with E-state index >= 15 is 0 Å². The maximum atomic E-state index is 12.4. The van der Waals surface area contributed by atoms with Gasteiger partial charge in [0.15, 0.2) is 11.5 Å². The highest BCUT2D eigenvalue weighted by molar-refractivity contribution is 6.01. The summed E-state index contributed by atoms with van der Waals surface area (Å²) in [6.45, 7) is 2.61. The molecule has 0 aliphatic rings. The molecule has 0 aliphatic carbocycles. The van der Waals surface area contributed by atoms with Gasteiger partial charge in [-0.05, 0) is 36.3 Å². The number of amides is 1. The molecule has 7 nitrogen and oxygen atoms in total. The van der Waals surface area contributed by atoms with Crippen LogP contribution in [0.3, 0.4) is 0 Å². The number of ether oxygens (including phenoxy) is 3. The summed E-state index contributed by atoms with van der Waals surface area (Å²) in [6, 6.07) is 13.5. The summed E-state index contributed by atoms with van der Waals surface area (Å²) in [4.78, 5) is 12.4. The van der Waals surface area contributed by atoms with Crippen molar-refractivity contribution in [2.45, 2.75) is 13.5 Å². The Morgan fingerprint density at radius 2 is 1.70 bits per heavy atom. The maximum Gasteiger partial charge on any atom is 0.249 e. The lowest BCUT2D eigenvalue weighted by molar-refractivity contribution is -0.111. The largest absolute Gasteiger partial charge is 0.493 e. The highest BCUT2D eigenvalue weighted by Gasteiger charge is 2.12. The quantitative estimate of drug-likeness (QED) is 0.573. The second-order valence-electron chi connectivity index (χ2n) is 6.64. The molecule has 1 aromatic heterocycles. The van der Waals surface area contributed by atoms with Gasteiger partial charge in [-0.15, -0.1) is 0 Å². The van der Waals surface area contributed by atoms with E-state index in [1.54, 1.807) is 56.5 Å². The van der Waals surface area contributed by atoms with E-state index in [1.165, 1.54) is 11.6 Å². The topological polar surface area (TPSA) is 74.6 Å². The van der Waals surface area contributed by atoms with Gasteiger partial charge in [-0.2, -0.15) is 5.10 Å². The minimum Gasteiger partial charge on any atom is -0.493 e. The van der Waals surface area contributed by atoms with Gasteiger partial charge in [-0.25, -0.2) is 4.68 Å². The summed E-state index contributed by atoms with van der Waals surface area (Å²) in [5, 5.41) is 7.16. The molecular weight excluding hydrogens is 382 g/mol. The van der Waals surface area contributed by atoms with Crippen molar-refractivity contribution in [3.63, 3.8) is 0 Å². The first-order chi connectivity index (χ1) is 14.5. The van der Waals surface area contributed by atoms with Crippen molar-refractivity contribution in [3.8, 4) is 17.2 Å². The van der Waals surface area contributed by atoms with Crippen molar-refractivity contribution in [2.24, 2.45) is 0 Å². The predicted octanol–water partition coefficient (Wildman–Crippen LogP) is 3.92. The Morgan fingerprint density at radius 1 is 1.03 bits per heavy atom. The molecule has 0 fully saturated rings. The van der Waals surface area contributed by atoms with Crippen LogP contribution in [0.15, 0.2) is 54.7 Å². The summed E-state index contributed by atoms with van der Waals surface area (Å²) >= 11 is 0. The molecule has 1 amide bonds. The van der Waals surface area contributed by atoms with Crippen molar-refractivity contribution in [1.82, 2.24) is 9.78 Å². The van der Waals surface area contributed by atoms with E-state index in [0.717, 1.165) is 11.1 Å². The van der Waals surface area contributed by atoms with Crippen LogP contribution in [0.4, 0.5) is 5.82 Å². The molecule has 7 heteroatoms. The summed E-state index contributed by atoms with van der Waals surface area (Å²) in [5.41, 5.74) is 3.05. The van der Waals surface area contributed by atoms with Crippen molar-refractivity contribution in [1.29, 1.82) is 0 Å². The molecule has 3 rings (SSSR count). The van der Waals surface area contributed by atoms with Crippen molar-refractivity contribution >= 4 is 17.8 Å². The van der Waals surface area contributed by atoms with Crippen LogP contribution in [0.5, 0.6) is 17.2 Å². The number of nitrogens with zero attached hydrogens (tertiary/aromatic N) is 2. The van der Waals surface area contributed by atoms with Gasteiger partial charge in [0, 0.05) is 12.1 Å². The molecular formula is C23H25N3O4. The third-order valence-corrected chi connectivity index (χ3v) is 4.53. The van der Waals surface area contributed by atoms with Gasteiger partial charge in [0.2, 0.25) is 11.7 Å². The van der Waals surface area contributed by atoms with Crippen LogP contribution < -0.4 is 19.5 Å². The molecule has 30 heavy (non-hydrogen) atoms. The van der Waals surface area contributed by atoms with E-state index in [-0.39, 0.29) is 5.91 Å². The molecule has 0 aliphatic heterocycles. The number of nitrogens with one attached hydrogen (secondary N) is 1. The van der Waals surface area contributed by atoms with E-state index in [0.29, 0.717) is 29.6 Å². The van der Waals surface area contributed by atoms with Gasteiger partial charge in [-0.1, -0.05) is 29.8 Å². The van der Waals surface area contributed by atoms with E-state index in [2.05, 4.69) is 22.5 Å². The third kappa shape index (κ3) is 5.00. The van der Waals surface area contributed by atoms with Crippen molar-refractivity contribution < 1.29 is 19.0 Å². The number of benzene rings is 2.